The second-order valence-electron chi connectivity index (χ2n) is 7.87. The van der Waals surface area contributed by atoms with Crippen LogP contribution in [0.4, 0.5) is 0 Å². The summed E-state index contributed by atoms with van der Waals surface area (Å²) in [6.45, 7) is 0.517. The smallest absolute Gasteiger partial charge is 0.290 e. The summed E-state index contributed by atoms with van der Waals surface area (Å²) in [7, 11) is 0. The first kappa shape index (κ1) is 21.5. The van der Waals surface area contributed by atoms with Gasteiger partial charge in [-0.25, -0.2) is 4.98 Å². The number of aliphatic hydroxyl groups excluding tert-OH is 1. The average Bonchev–Trinajstić information content (AvgIpc) is 3.56. The van der Waals surface area contributed by atoms with Gasteiger partial charge in [-0.3, -0.25) is 9.48 Å². The van der Waals surface area contributed by atoms with E-state index in [4.69, 9.17) is 9.90 Å². The summed E-state index contributed by atoms with van der Waals surface area (Å²) in [5, 5.41) is 21.3. The molecule has 7 heteroatoms. The van der Waals surface area contributed by atoms with Crippen molar-refractivity contribution in [2.75, 3.05) is 0 Å². The van der Waals surface area contributed by atoms with Crippen LogP contribution in [0.25, 0.3) is 22.5 Å². The number of rotatable bonds is 5. The first-order valence-corrected chi connectivity index (χ1v) is 10.6. The first-order chi connectivity index (χ1) is 15.7. The Balaban J connectivity index is 0.000000775. The van der Waals surface area contributed by atoms with Gasteiger partial charge >= 0.3 is 0 Å². The number of hydrogen-bond donors (Lipinski definition) is 2. The number of carboxylic acid groups (broad SMARTS) is 1. The molecule has 0 saturated heterocycles. The van der Waals surface area contributed by atoms with E-state index in [0.29, 0.717) is 6.04 Å². The Hall–Kier alpha value is -3.71. The summed E-state index contributed by atoms with van der Waals surface area (Å²) in [5.41, 5.74) is 4.58. The predicted octanol–water partition coefficient (Wildman–Crippen LogP) is 4.25. The Morgan fingerprint density at radius 3 is 2.41 bits per heavy atom. The number of aliphatic hydroxyl groups is 1. The van der Waals surface area contributed by atoms with Crippen molar-refractivity contribution >= 4 is 6.47 Å². The van der Waals surface area contributed by atoms with Crippen LogP contribution in [0, 0.1) is 0 Å². The Bertz CT molecular complexity index is 1140. The molecule has 1 fully saturated rings. The van der Waals surface area contributed by atoms with Crippen molar-refractivity contribution in [1.29, 1.82) is 0 Å². The van der Waals surface area contributed by atoms with Crippen LogP contribution in [0.1, 0.15) is 30.9 Å². The van der Waals surface area contributed by atoms with Gasteiger partial charge in [0.2, 0.25) is 0 Å². The molecule has 0 radical (unpaired) electrons. The molecule has 1 aliphatic carbocycles. The summed E-state index contributed by atoms with van der Waals surface area (Å²) in [6.07, 6.45) is 10.4. The fraction of sp³-hybridized carbons (Fsp3) is 0.240. The number of benzene rings is 2. The van der Waals surface area contributed by atoms with E-state index >= 15 is 0 Å². The molecular weight excluding hydrogens is 404 g/mol. The highest BCUT2D eigenvalue weighted by molar-refractivity contribution is 5.67. The van der Waals surface area contributed by atoms with Gasteiger partial charge in [-0.05, 0) is 30.4 Å². The molecule has 2 aromatic heterocycles. The van der Waals surface area contributed by atoms with E-state index < -0.39 is 0 Å². The van der Waals surface area contributed by atoms with E-state index in [1.165, 1.54) is 5.56 Å². The molecule has 7 nitrogen and oxygen atoms in total. The molecule has 4 aromatic rings. The number of carbonyl (C=O) groups is 1. The molecule has 0 aliphatic heterocycles. The van der Waals surface area contributed by atoms with Gasteiger partial charge in [-0.2, -0.15) is 5.10 Å². The molecule has 0 amide bonds. The lowest BCUT2D eigenvalue weighted by Crippen LogP contribution is -2.07. The van der Waals surface area contributed by atoms with Crippen LogP contribution < -0.4 is 0 Å². The van der Waals surface area contributed by atoms with Gasteiger partial charge in [0.05, 0.1) is 18.8 Å². The maximum Gasteiger partial charge on any atom is 0.290 e. The first-order valence-electron chi connectivity index (χ1n) is 10.6. The van der Waals surface area contributed by atoms with Gasteiger partial charge in [0.1, 0.15) is 5.82 Å². The van der Waals surface area contributed by atoms with Crippen LogP contribution in [0.2, 0.25) is 0 Å². The standard InChI is InChI=1S/C24H24N4O.CH2O2/c29-23-11-10-22(14-23)28-13-12-25-24(28)20-8-6-19(7-9-20)21-15-26-27(17-21)16-18-4-2-1-3-5-18;2-1-3/h1-9,12-13,15,17,22-23,29H,10-11,14,16H2;1H,(H,2,3)/t22-,23+;/m1./s1. The van der Waals surface area contributed by atoms with Gasteiger partial charge in [-0.1, -0.05) is 54.6 Å². The zero-order valence-electron chi connectivity index (χ0n) is 17.7. The van der Waals surface area contributed by atoms with Crippen molar-refractivity contribution in [3.05, 3.63) is 84.9 Å². The van der Waals surface area contributed by atoms with E-state index in [1.807, 2.05) is 29.3 Å². The van der Waals surface area contributed by atoms with Gasteiger partial charge in [-0.15, -0.1) is 0 Å². The summed E-state index contributed by atoms with van der Waals surface area (Å²) in [4.78, 5) is 12.9. The Morgan fingerprint density at radius 2 is 1.72 bits per heavy atom. The molecule has 2 aromatic carbocycles. The molecule has 5 rings (SSSR count). The van der Waals surface area contributed by atoms with E-state index in [2.05, 4.69) is 69.4 Å². The SMILES string of the molecule is O=CO.O[C@H]1CC[C@@H](n2ccnc2-c2ccc(-c3cnn(Cc4ccccc4)c3)cc2)C1. The number of hydrogen-bond acceptors (Lipinski definition) is 4. The highest BCUT2D eigenvalue weighted by Gasteiger charge is 2.25. The summed E-state index contributed by atoms with van der Waals surface area (Å²) < 4.78 is 4.18. The molecule has 0 bridgehead atoms. The molecule has 2 heterocycles. The van der Waals surface area contributed by atoms with Crippen LogP contribution in [0.3, 0.4) is 0 Å². The van der Waals surface area contributed by atoms with Crippen molar-refractivity contribution in [2.24, 2.45) is 0 Å². The third-order valence-corrected chi connectivity index (χ3v) is 5.74. The topological polar surface area (TPSA) is 93.2 Å². The van der Waals surface area contributed by atoms with Crippen LogP contribution in [-0.4, -0.2) is 42.1 Å². The molecule has 164 valence electrons. The summed E-state index contributed by atoms with van der Waals surface area (Å²) >= 11 is 0. The molecular formula is C25H26N4O3. The quantitative estimate of drug-likeness (QED) is 0.462. The van der Waals surface area contributed by atoms with Gasteiger partial charge in [0.15, 0.2) is 0 Å². The zero-order valence-corrected chi connectivity index (χ0v) is 17.7. The third kappa shape index (κ3) is 4.95. The van der Waals surface area contributed by atoms with Crippen LogP contribution >= 0.6 is 0 Å². The van der Waals surface area contributed by atoms with Gasteiger partial charge < -0.3 is 14.8 Å². The fourth-order valence-corrected chi connectivity index (χ4v) is 4.20. The molecule has 2 atom stereocenters. The average molecular weight is 431 g/mol. The third-order valence-electron chi connectivity index (χ3n) is 5.74. The molecule has 2 N–H and O–H groups in total. The number of imidazole rings is 1. The minimum absolute atomic E-state index is 0.190. The van der Waals surface area contributed by atoms with Crippen molar-refractivity contribution in [3.63, 3.8) is 0 Å². The van der Waals surface area contributed by atoms with Gasteiger partial charge in [0, 0.05) is 35.8 Å². The zero-order chi connectivity index (χ0) is 22.3. The Morgan fingerprint density at radius 1 is 1.00 bits per heavy atom. The number of aromatic nitrogens is 4. The lowest BCUT2D eigenvalue weighted by atomic mass is 10.1. The lowest BCUT2D eigenvalue weighted by molar-refractivity contribution is -0.122. The molecule has 32 heavy (non-hydrogen) atoms. The van der Waals surface area contributed by atoms with Gasteiger partial charge in [0.25, 0.3) is 6.47 Å². The van der Waals surface area contributed by atoms with Crippen LogP contribution in [0.15, 0.2) is 79.4 Å². The molecule has 1 saturated carbocycles. The predicted molar refractivity (Wildman–Crippen MR) is 122 cm³/mol. The molecule has 1 aliphatic rings. The van der Waals surface area contributed by atoms with E-state index in [9.17, 15) is 5.11 Å². The molecule has 0 unspecified atom stereocenters. The maximum absolute atomic E-state index is 9.88. The van der Waals surface area contributed by atoms with E-state index in [0.717, 1.165) is 48.3 Å². The monoisotopic (exact) mass is 430 g/mol. The minimum Gasteiger partial charge on any atom is -0.483 e. The van der Waals surface area contributed by atoms with Crippen molar-refractivity contribution in [1.82, 2.24) is 19.3 Å². The fourth-order valence-electron chi connectivity index (χ4n) is 4.20. The lowest BCUT2D eigenvalue weighted by Gasteiger charge is -2.15. The van der Waals surface area contributed by atoms with E-state index in [1.54, 1.807) is 0 Å². The van der Waals surface area contributed by atoms with E-state index in [-0.39, 0.29) is 12.6 Å². The minimum atomic E-state index is -0.250. The summed E-state index contributed by atoms with van der Waals surface area (Å²) in [5.74, 6) is 0.968. The Labute approximate surface area is 186 Å². The number of nitrogens with zero attached hydrogens (tertiary/aromatic N) is 4. The highest BCUT2D eigenvalue weighted by atomic mass is 16.3. The Kier molecular flexibility index (Phi) is 6.77. The van der Waals surface area contributed by atoms with Crippen LogP contribution in [0.5, 0.6) is 0 Å². The van der Waals surface area contributed by atoms with Crippen molar-refractivity contribution in [2.45, 2.75) is 38.0 Å². The van der Waals surface area contributed by atoms with Crippen LogP contribution in [-0.2, 0) is 11.3 Å². The second kappa shape index (κ2) is 10.1. The largest absolute Gasteiger partial charge is 0.483 e. The normalized spacial score (nSPS) is 17.5. The second-order valence-corrected chi connectivity index (χ2v) is 7.87. The highest BCUT2D eigenvalue weighted by Crippen LogP contribution is 2.33. The molecule has 0 spiro atoms. The maximum atomic E-state index is 9.88. The summed E-state index contributed by atoms with van der Waals surface area (Å²) in [6, 6.07) is 19.2. The van der Waals surface area contributed by atoms with Crippen molar-refractivity contribution < 1.29 is 15.0 Å². The van der Waals surface area contributed by atoms with Crippen molar-refractivity contribution in [3.8, 4) is 22.5 Å².